The summed E-state index contributed by atoms with van der Waals surface area (Å²) in [7, 11) is 0. The summed E-state index contributed by atoms with van der Waals surface area (Å²) >= 11 is 0. The number of rotatable bonds is 4. The van der Waals surface area contributed by atoms with Crippen molar-refractivity contribution >= 4 is 29.8 Å². The molecule has 2 aromatic rings. The Morgan fingerprint density at radius 1 is 0.750 bits per heavy atom. The lowest BCUT2D eigenvalue weighted by molar-refractivity contribution is -0.193. The number of anilines is 1. The van der Waals surface area contributed by atoms with Gasteiger partial charge in [0.15, 0.2) is 0 Å². The number of carbonyl (C=O) groups excluding carboxylic acids is 1. The minimum Gasteiger partial charge on any atom is -0.475 e. The summed E-state index contributed by atoms with van der Waals surface area (Å²) in [6, 6.07) is 7.90. The summed E-state index contributed by atoms with van der Waals surface area (Å²) in [5, 5.41) is 21.4. The number of pyridine rings is 1. The van der Waals surface area contributed by atoms with Gasteiger partial charge in [0.25, 0.3) is 0 Å². The van der Waals surface area contributed by atoms with Gasteiger partial charge in [-0.15, -0.1) is 0 Å². The van der Waals surface area contributed by atoms with Crippen LogP contribution in [0.2, 0.25) is 0 Å². The number of carboxylic acid groups (broad SMARTS) is 3. The van der Waals surface area contributed by atoms with Crippen molar-refractivity contribution in [1.82, 2.24) is 24.8 Å². The first-order valence-electron chi connectivity index (χ1n) is 15.0. The summed E-state index contributed by atoms with van der Waals surface area (Å²) in [4.78, 5) is 60.8. The van der Waals surface area contributed by atoms with E-state index in [2.05, 4.69) is 30.8 Å². The van der Waals surface area contributed by atoms with Gasteiger partial charge in [-0.1, -0.05) is 6.07 Å². The van der Waals surface area contributed by atoms with E-state index in [1.54, 1.807) is 12.4 Å². The van der Waals surface area contributed by atoms with Crippen LogP contribution in [0.1, 0.15) is 18.5 Å². The molecule has 290 valence electrons. The number of likely N-dealkylation sites (tertiary alicyclic amines) is 1. The van der Waals surface area contributed by atoms with Gasteiger partial charge in [0.1, 0.15) is 0 Å². The molecule has 3 saturated heterocycles. The zero-order valence-corrected chi connectivity index (χ0v) is 26.9. The lowest BCUT2D eigenvalue weighted by Crippen LogP contribution is -2.52. The predicted octanol–water partition coefficient (Wildman–Crippen LogP) is 3.35. The van der Waals surface area contributed by atoms with Gasteiger partial charge < -0.3 is 29.9 Å². The minimum atomic E-state index is -5.08. The number of halogens is 9. The van der Waals surface area contributed by atoms with Crippen molar-refractivity contribution in [1.29, 1.82) is 0 Å². The van der Waals surface area contributed by atoms with Gasteiger partial charge in [-0.3, -0.25) is 14.7 Å². The fraction of sp³-hybridized carbons (Fsp3) is 0.552. The predicted molar refractivity (Wildman–Crippen MR) is 157 cm³/mol. The number of aromatic nitrogens is 3. The van der Waals surface area contributed by atoms with Crippen LogP contribution in [0.25, 0.3) is 0 Å². The number of carbonyl (C=O) groups is 4. The van der Waals surface area contributed by atoms with E-state index in [4.69, 9.17) is 34.4 Å². The van der Waals surface area contributed by atoms with Crippen molar-refractivity contribution in [2.45, 2.75) is 37.9 Å². The van der Waals surface area contributed by atoms with Crippen molar-refractivity contribution in [3.63, 3.8) is 0 Å². The average molecular weight is 765 g/mol. The molecular formula is C29H33F9N6O8. The van der Waals surface area contributed by atoms with Crippen LogP contribution in [0.3, 0.4) is 0 Å². The number of fused-ring (bicyclic) bond motifs is 1. The lowest BCUT2D eigenvalue weighted by atomic mass is 9.73. The first-order chi connectivity index (χ1) is 24.1. The molecular weight excluding hydrogens is 731 g/mol. The molecule has 14 nitrogen and oxygen atoms in total. The first-order valence-corrected chi connectivity index (χ1v) is 15.0. The SMILES string of the molecule is O=C(N1CCOCC1)[C@]12CCCN(Cc3ccccn3)C[C@H]1CN(c1ncccn1)C2.O=C(O)C(F)(F)F.O=C(O)C(F)(F)F.O=C(O)C(F)(F)F. The Labute approximate surface area is 288 Å². The molecule has 0 bridgehead atoms. The molecule has 0 radical (unpaired) electrons. The fourth-order valence-corrected chi connectivity index (χ4v) is 5.41. The molecule has 2 atom stereocenters. The van der Waals surface area contributed by atoms with Gasteiger partial charge in [-0.25, -0.2) is 24.4 Å². The van der Waals surface area contributed by atoms with Crippen LogP contribution in [0.5, 0.6) is 0 Å². The normalized spacial score (nSPS) is 20.7. The van der Waals surface area contributed by atoms with Crippen LogP contribution < -0.4 is 4.90 Å². The molecule has 3 aliphatic rings. The maximum atomic E-state index is 13.9. The molecule has 5 heterocycles. The third-order valence-corrected chi connectivity index (χ3v) is 7.67. The highest BCUT2D eigenvalue weighted by atomic mass is 19.4. The van der Waals surface area contributed by atoms with Crippen molar-refractivity contribution in [3.8, 4) is 0 Å². The van der Waals surface area contributed by atoms with Crippen LogP contribution >= 0.6 is 0 Å². The highest BCUT2D eigenvalue weighted by Gasteiger charge is 2.55. The number of amides is 1. The van der Waals surface area contributed by atoms with E-state index >= 15 is 0 Å². The maximum absolute atomic E-state index is 13.9. The number of nitrogens with zero attached hydrogens (tertiary/aromatic N) is 6. The molecule has 5 rings (SSSR count). The number of aliphatic carboxylic acids is 3. The number of hydrogen-bond donors (Lipinski definition) is 3. The van der Waals surface area contributed by atoms with Crippen molar-refractivity contribution in [2.75, 3.05) is 57.4 Å². The molecule has 3 fully saturated rings. The van der Waals surface area contributed by atoms with E-state index in [9.17, 15) is 44.3 Å². The molecule has 0 saturated carbocycles. The zero-order valence-electron chi connectivity index (χ0n) is 26.9. The third kappa shape index (κ3) is 13.4. The molecule has 0 unspecified atom stereocenters. The second-order valence-corrected chi connectivity index (χ2v) is 11.3. The maximum Gasteiger partial charge on any atom is 0.490 e. The molecule has 1 amide bonds. The minimum absolute atomic E-state index is 0.234. The molecule has 0 spiro atoms. The van der Waals surface area contributed by atoms with Crippen molar-refractivity contribution in [3.05, 3.63) is 48.5 Å². The Bertz CT molecular complexity index is 1410. The summed E-state index contributed by atoms with van der Waals surface area (Å²) < 4.78 is 101. The van der Waals surface area contributed by atoms with Gasteiger partial charge >= 0.3 is 36.4 Å². The largest absolute Gasteiger partial charge is 0.490 e. The van der Waals surface area contributed by atoms with Crippen LogP contribution in [0, 0.1) is 11.3 Å². The van der Waals surface area contributed by atoms with Crippen LogP contribution in [0.15, 0.2) is 42.9 Å². The van der Waals surface area contributed by atoms with E-state index in [1.165, 1.54) is 0 Å². The molecule has 52 heavy (non-hydrogen) atoms. The lowest BCUT2D eigenvalue weighted by Gasteiger charge is -2.38. The topological polar surface area (TPSA) is 187 Å². The van der Waals surface area contributed by atoms with E-state index in [-0.39, 0.29) is 5.92 Å². The molecule has 23 heteroatoms. The van der Waals surface area contributed by atoms with Gasteiger partial charge in [-0.2, -0.15) is 39.5 Å². The van der Waals surface area contributed by atoms with Gasteiger partial charge in [-0.05, 0) is 37.6 Å². The van der Waals surface area contributed by atoms with Crippen molar-refractivity contribution in [2.24, 2.45) is 11.3 Å². The average Bonchev–Trinajstić information content (AvgIpc) is 3.35. The Morgan fingerprint density at radius 3 is 1.71 bits per heavy atom. The summed E-state index contributed by atoms with van der Waals surface area (Å²) in [6.07, 6.45) is -7.94. The standard InChI is InChI=1S/C23H30N6O2.3C2HF3O2/c30-21(28-11-13-31-14-12-28)23-6-3-10-27(17-20-5-1-2-7-24-20)15-19(23)16-29(18-23)22-25-8-4-9-26-22;3*3-2(4,5)1(6)7/h1-2,4-5,7-9,19H,3,6,10-18H2;3*(H,6,7)/t19-,23-;;;/m0.../s1. The van der Waals surface area contributed by atoms with Gasteiger partial charge in [0, 0.05) is 63.8 Å². The van der Waals surface area contributed by atoms with E-state index in [0.29, 0.717) is 38.8 Å². The number of morpholine rings is 1. The number of alkyl halides is 9. The smallest absolute Gasteiger partial charge is 0.475 e. The van der Waals surface area contributed by atoms with Crippen molar-refractivity contribution < 1.29 is 78.7 Å². The summed E-state index contributed by atoms with van der Waals surface area (Å²) in [5.74, 6) is -7.02. The Morgan fingerprint density at radius 2 is 1.25 bits per heavy atom. The van der Waals surface area contributed by atoms with Crippen LogP contribution in [0.4, 0.5) is 45.5 Å². The fourth-order valence-electron chi connectivity index (χ4n) is 5.41. The Kier molecular flexibility index (Phi) is 15.5. The quantitative estimate of drug-likeness (QED) is 0.386. The summed E-state index contributed by atoms with van der Waals surface area (Å²) in [6.45, 7) is 6.82. The summed E-state index contributed by atoms with van der Waals surface area (Å²) in [5.41, 5.74) is 0.686. The molecule has 0 aromatic carbocycles. The zero-order chi connectivity index (χ0) is 39.3. The third-order valence-electron chi connectivity index (χ3n) is 7.67. The highest BCUT2D eigenvalue weighted by Crippen LogP contribution is 2.45. The first kappa shape index (κ1) is 43.4. The van der Waals surface area contributed by atoms with Gasteiger partial charge in [0.2, 0.25) is 11.9 Å². The van der Waals surface area contributed by atoms with Crippen LogP contribution in [-0.2, 0) is 30.5 Å². The van der Waals surface area contributed by atoms with Gasteiger partial charge in [0.05, 0.1) is 24.3 Å². The Hall–Kier alpha value is -4.80. The highest BCUT2D eigenvalue weighted by molar-refractivity contribution is 5.85. The number of ether oxygens (including phenoxy) is 1. The number of hydrogen-bond acceptors (Lipinski definition) is 10. The molecule has 2 aromatic heterocycles. The van der Waals surface area contributed by atoms with Crippen LogP contribution in [-0.4, -0.2) is 135 Å². The van der Waals surface area contributed by atoms with E-state index < -0.39 is 41.9 Å². The molecule has 3 aliphatic heterocycles. The second kappa shape index (κ2) is 18.6. The van der Waals surface area contributed by atoms with E-state index in [1.807, 2.05) is 29.3 Å². The second-order valence-electron chi connectivity index (χ2n) is 11.3. The molecule has 0 aliphatic carbocycles. The molecule has 3 N–H and O–H groups in total. The Balaban J connectivity index is 0.000000365. The number of carboxylic acids is 3. The van der Waals surface area contributed by atoms with E-state index in [0.717, 1.165) is 50.7 Å². The monoisotopic (exact) mass is 764 g/mol.